The highest BCUT2D eigenvalue weighted by atomic mass is 35.5. The summed E-state index contributed by atoms with van der Waals surface area (Å²) in [4.78, 5) is 2.26. The zero-order valence-corrected chi connectivity index (χ0v) is 10.9. The SMILES string of the molecule is Cc1c(Cl)cccc1N1CCOc2ccccc21. The third-order valence-electron chi connectivity index (χ3n) is 3.26. The summed E-state index contributed by atoms with van der Waals surface area (Å²) in [5.41, 5.74) is 3.36. The van der Waals surface area contributed by atoms with E-state index < -0.39 is 0 Å². The van der Waals surface area contributed by atoms with Crippen LogP contribution >= 0.6 is 11.6 Å². The Morgan fingerprint density at radius 1 is 1.06 bits per heavy atom. The summed E-state index contributed by atoms with van der Waals surface area (Å²) in [5, 5.41) is 0.802. The summed E-state index contributed by atoms with van der Waals surface area (Å²) < 4.78 is 5.67. The Labute approximate surface area is 112 Å². The molecule has 92 valence electrons. The third kappa shape index (κ3) is 1.83. The van der Waals surface area contributed by atoms with Crippen molar-refractivity contribution in [1.29, 1.82) is 0 Å². The van der Waals surface area contributed by atoms with Gasteiger partial charge in [0.05, 0.1) is 12.2 Å². The summed E-state index contributed by atoms with van der Waals surface area (Å²) in [6.45, 7) is 3.59. The highest BCUT2D eigenvalue weighted by Gasteiger charge is 2.20. The van der Waals surface area contributed by atoms with E-state index in [0.29, 0.717) is 6.61 Å². The smallest absolute Gasteiger partial charge is 0.143 e. The second kappa shape index (κ2) is 4.54. The van der Waals surface area contributed by atoms with E-state index in [1.165, 1.54) is 0 Å². The molecule has 0 spiro atoms. The molecule has 1 aliphatic rings. The molecule has 0 aromatic heterocycles. The molecule has 0 saturated heterocycles. The fourth-order valence-corrected chi connectivity index (χ4v) is 2.48. The van der Waals surface area contributed by atoms with Crippen LogP contribution in [0, 0.1) is 6.92 Å². The molecule has 0 amide bonds. The summed E-state index contributed by atoms with van der Waals surface area (Å²) in [5.74, 6) is 0.933. The molecule has 2 aromatic carbocycles. The van der Waals surface area contributed by atoms with Crippen LogP contribution in [-0.2, 0) is 0 Å². The van der Waals surface area contributed by atoms with E-state index in [2.05, 4.69) is 24.0 Å². The lowest BCUT2D eigenvalue weighted by atomic mass is 10.1. The average Bonchev–Trinajstić information content (AvgIpc) is 2.41. The molecule has 0 N–H and O–H groups in total. The second-order valence-corrected chi connectivity index (χ2v) is 4.76. The summed E-state index contributed by atoms with van der Waals surface area (Å²) >= 11 is 6.20. The van der Waals surface area contributed by atoms with Gasteiger partial charge in [-0.25, -0.2) is 0 Å². The minimum Gasteiger partial charge on any atom is -0.490 e. The number of para-hydroxylation sites is 2. The van der Waals surface area contributed by atoms with Crippen molar-refractivity contribution in [3.8, 4) is 5.75 Å². The Hall–Kier alpha value is -1.67. The monoisotopic (exact) mass is 259 g/mol. The highest BCUT2D eigenvalue weighted by molar-refractivity contribution is 6.31. The van der Waals surface area contributed by atoms with Crippen molar-refractivity contribution >= 4 is 23.0 Å². The first kappa shape index (κ1) is 11.4. The van der Waals surface area contributed by atoms with Crippen LogP contribution in [0.15, 0.2) is 42.5 Å². The van der Waals surface area contributed by atoms with Gasteiger partial charge in [-0.1, -0.05) is 29.8 Å². The largest absolute Gasteiger partial charge is 0.490 e. The lowest BCUT2D eigenvalue weighted by Crippen LogP contribution is -2.29. The quantitative estimate of drug-likeness (QED) is 0.762. The van der Waals surface area contributed by atoms with Gasteiger partial charge < -0.3 is 9.64 Å². The van der Waals surface area contributed by atoms with Crippen LogP contribution < -0.4 is 9.64 Å². The number of hydrogen-bond acceptors (Lipinski definition) is 2. The summed E-state index contributed by atoms with van der Waals surface area (Å²) in [6, 6.07) is 14.1. The number of fused-ring (bicyclic) bond motifs is 1. The number of benzene rings is 2. The molecule has 0 atom stereocenters. The van der Waals surface area contributed by atoms with Gasteiger partial charge in [0.2, 0.25) is 0 Å². The Morgan fingerprint density at radius 3 is 2.72 bits per heavy atom. The van der Waals surface area contributed by atoms with Gasteiger partial charge in [0, 0.05) is 10.7 Å². The molecule has 0 saturated carbocycles. The molecule has 18 heavy (non-hydrogen) atoms. The van der Waals surface area contributed by atoms with Crippen LogP contribution in [0.5, 0.6) is 5.75 Å². The molecule has 1 heterocycles. The highest BCUT2D eigenvalue weighted by Crippen LogP contribution is 2.38. The van der Waals surface area contributed by atoms with Crippen LogP contribution in [0.25, 0.3) is 0 Å². The molecule has 1 aliphatic heterocycles. The Kier molecular flexibility index (Phi) is 2.88. The Balaban J connectivity index is 2.11. The maximum absolute atomic E-state index is 6.20. The second-order valence-electron chi connectivity index (χ2n) is 4.35. The third-order valence-corrected chi connectivity index (χ3v) is 3.67. The molecule has 2 nitrogen and oxygen atoms in total. The molecule has 3 rings (SSSR count). The molecular weight excluding hydrogens is 246 g/mol. The predicted molar refractivity (Wildman–Crippen MR) is 75.1 cm³/mol. The summed E-state index contributed by atoms with van der Waals surface area (Å²) in [7, 11) is 0. The molecular formula is C15H14ClNO. The maximum Gasteiger partial charge on any atom is 0.143 e. The van der Waals surface area contributed by atoms with E-state index in [0.717, 1.165) is 34.3 Å². The van der Waals surface area contributed by atoms with E-state index in [-0.39, 0.29) is 0 Å². The topological polar surface area (TPSA) is 12.5 Å². The molecule has 0 unspecified atom stereocenters. The minimum absolute atomic E-state index is 0.697. The van der Waals surface area contributed by atoms with Crippen molar-refractivity contribution in [3.63, 3.8) is 0 Å². The Morgan fingerprint density at radius 2 is 1.83 bits per heavy atom. The number of anilines is 2. The number of ether oxygens (including phenoxy) is 1. The minimum atomic E-state index is 0.697. The molecule has 3 heteroatoms. The maximum atomic E-state index is 6.20. The van der Waals surface area contributed by atoms with Gasteiger partial charge in [-0.3, -0.25) is 0 Å². The fourth-order valence-electron chi connectivity index (χ4n) is 2.31. The standard InChI is InChI=1S/C15H14ClNO/c1-11-12(16)5-4-7-13(11)17-9-10-18-15-8-3-2-6-14(15)17/h2-8H,9-10H2,1H3. The Bertz CT molecular complexity index is 582. The van der Waals surface area contributed by atoms with Crippen LogP contribution in [0.2, 0.25) is 5.02 Å². The van der Waals surface area contributed by atoms with E-state index in [1.807, 2.05) is 30.3 Å². The lowest BCUT2D eigenvalue weighted by molar-refractivity contribution is 0.314. The first-order chi connectivity index (χ1) is 8.77. The van der Waals surface area contributed by atoms with Crippen molar-refractivity contribution in [2.24, 2.45) is 0 Å². The van der Waals surface area contributed by atoms with Gasteiger partial charge in [0.1, 0.15) is 12.4 Å². The van der Waals surface area contributed by atoms with Gasteiger partial charge >= 0.3 is 0 Å². The van der Waals surface area contributed by atoms with E-state index in [1.54, 1.807) is 0 Å². The molecule has 0 aliphatic carbocycles. The van der Waals surface area contributed by atoms with Crippen molar-refractivity contribution in [2.45, 2.75) is 6.92 Å². The number of hydrogen-bond donors (Lipinski definition) is 0. The number of rotatable bonds is 1. The fraction of sp³-hybridized carbons (Fsp3) is 0.200. The normalized spacial score (nSPS) is 14.0. The van der Waals surface area contributed by atoms with Crippen molar-refractivity contribution < 1.29 is 4.74 Å². The van der Waals surface area contributed by atoms with E-state index in [4.69, 9.17) is 16.3 Å². The van der Waals surface area contributed by atoms with E-state index in [9.17, 15) is 0 Å². The van der Waals surface area contributed by atoms with Gasteiger partial charge in [0.25, 0.3) is 0 Å². The zero-order chi connectivity index (χ0) is 12.5. The molecule has 0 fully saturated rings. The average molecular weight is 260 g/mol. The lowest BCUT2D eigenvalue weighted by Gasteiger charge is -2.32. The number of halogens is 1. The summed E-state index contributed by atoms with van der Waals surface area (Å²) in [6.07, 6.45) is 0. The van der Waals surface area contributed by atoms with Crippen molar-refractivity contribution in [2.75, 3.05) is 18.1 Å². The molecule has 2 aromatic rings. The van der Waals surface area contributed by atoms with Gasteiger partial charge in [0.15, 0.2) is 0 Å². The van der Waals surface area contributed by atoms with Gasteiger partial charge in [-0.2, -0.15) is 0 Å². The molecule has 0 radical (unpaired) electrons. The van der Waals surface area contributed by atoms with Crippen molar-refractivity contribution in [1.82, 2.24) is 0 Å². The van der Waals surface area contributed by atoms with Crippen molar-refractivity contribution in [3.05, 3.63) is 53.1 Å². The first-order valence-electron chi connectivity index (χ1n) is 6.02. The van der Waals surface area contributed by atoms with Gasteiger partial charge in [-0.05, 0) is 36.8 Å². The molecule has 0 bridgehead atoms. The number of nitrogens with zero attached hydrogens (tertiary/aromatic N) is 1. The van der Waals surface area contributed by atoms with Crippen LogP contribution in [0.4, 0.5) is 11.4 Å². The first-order valence-corrected chi connectivity index (χ1v) is 6.39. The predicted octanol–water partition coefficient (Wildman–Crippen LogP) is 4.18. The zero-order valence-electron chi connectivity index (χ0n) is 10.2. The van der Waals surface area contributed by atoms with Crippen LogP contribution in [-0.4, -0.2) is 13.2 Å². The van der Waals surface area contributed by atoms with Gasteiger partial charge in [-0.15, -0.1) is 0 Å². The van der Waals surface area contributed by atoms with Crippen LogP contribution in [0.1, 0.15) is 5.56 Å². The van der Waals surface area contributed by atoms with E-state index >= 15 is 0 Å². The van der Waals surface area contributed by atoms with Crippen LogP contribution in [0.3, 0.4) is 0 Å².